The van der Waals surface area contributed by atoms with Crippen LogP contribution in [0.2, 0.25) is 0 Å². The van der Waals surface area contributed by atoms with Gasteiger partial charge in [-0.1, -0.05) is 13.8 Å². The van der Waals surface area contributed by atoms with E-state index in [0.717, 1.165) is 17.7 Å². The molecule has 0 N–H and O–H groups in total. The quantitative estimate of drug-likeness (QED) is 0.769. The summed E-state index contributed by atoms with van der Waals surface area (Å²) < 4.78 is 11.3. The highest BCUT2D eigenvalue weighted by atomic mass is 16.5. The minimum atomic E-state index is -0.0487. The largest absolute Gasteiger partial charge is 0.494 e. The molecule has 3 nitrogen and oxygen atoms in total. The Morgan fingerprint density at radius 2 is 1.80 bits per heavy atom. The second kappa shape index (κ2) is 6.40. The number of hydrogen-bond donors (Lipinski definition) is 0. The van der Waals surface area contributed by atoms with Crippen molar-refractivity contribution >= 4 is 5.78 Å². The summed E-state index contributed by atoms with van der Waals surface area (Å²) in [5.74, 6) is 1.21. The molecule has 110 valence electrons. The van der Waals surface area contributed by atoms with Crippen LogP contribution < -0.4 is 4.74 Å². The topological polar surface area (TPSA) is 35.5 Å². The first-order valence-electron chi connectivity index (χ1n) is 7.47. The van der Waals surface area contributed by atoms with Crippen molar-refractivity contribution in [2.75, 3.05) is 6.61 Å². The molecule has 1 aliphatic heterocycles. The van der Waals surface area contributed by atoms with Crippen molar-refractivity contribution in [1.29, 1.82) is 0 Å². The monoisotopic (exact) mass is 276 g/mol. The maximum absolute atomic E-state index is 12.6. The van der Waals surface area contributed by atoms with Crippen molar-refractivity contribution in [2.24, 2.45) is 11.8 Å². The molecule has 1 fully saturated rings. The lowest BCUT2D eigenvalue weighted by atomic mass is 9.83. The van der Waals surface area contributed by atoms with Crippen LogP contribution in [0.5, 0.6) is 5.75 Å². The lowest BCUT2D eigenvalue weighted by molar-refractivity contribution is 0.0491. The molecule has 2 rings (SSSR count). The van der Waals surface area contributed by atoms with E-state index in [9.17, 15) is 4.79 Å². The molecular weight excluding hydrogens is 252 g/mol. The average Bonchev–Trinajstić information content (AvgIpc) is 2.70. The van der Waals surface area contributed by atoms with E-state index in [1.54, 1.807) is 0 Å². The van der Waals surface area contributed by atoms with Crippen LogP contribution in [0.3, 0.4) is 0 Å². The summed E-state index contributed by atoms with van der Waals surface area (Å²) in [6.45, 7) is 8.89. The zero-order valence-corrected chi connectivity index (χ0v) is 12.8. The SMILES string of the molecule is CCCOc1ccc(C(=O)C2C(C)OC(C)C2C)cc1. The van der Waals surface area contributed by atoms with E-state index in [-0.39, 0.29) is 29.8 Å². The fraction of sp³-hybridized carbons (Fsp3) is 0.588. The Morgan fingerprint density at radius 1 is 1.15 bits per heavy atom. The van der Waals surface area contributed by atoms with Crippen LogP contribution >= 0.6 is 0 Å². The van der Waals surface area contributed by atoms with E-state index in [2.05, 4.69) is 13.8 Å². The third kappa shape index (κ3) is 3.04. The molecule has 1 aromatic rings. The number of benzene rings is 1. The normalized spacial score (nSPS) is 29.4. The third-order valence-electron chi connectivity index (χ3n) is 4.16. The first kappa shape index (κ1) is 15.0. The predicted octanol–water partition coefficient (Wildman–Crippen LogP) is 3.72. The summed E-state index contributed by atoms with van der Waals surface area (Å²) >= 11 is 0. The maximum Gasteiger partial charge on any atom is 0.168 e. The molecule has 1 saturated heterocycles. The van der Waals surface area contributed by atoms with Crippen LogP contribution in [0.1, 0.15) is 44.5 Å². The van der Waals surface area contributed by atoms with Crippen molar-refractivity contribution in [2.45, 2.75) is 46.3 Å². The van der Waals surface area contributed by atoms with Gasteiger partial charge in [-0.2, -0.15) is 0 Å². The van der Waals surface area contributed by atoms with Gasteiger partial charge in [0.1, 0.15) is 5.75 Å². The van der Waals surface area contributed by atoms with Gasteiger partial charge in [-0.15, -0.1) is 0 Å². The summed E-state index contributed by atoms with van der Waals surface area (Å²) in [6.07, 6.45) is 1.11. The number of ether oxygens (including phenoxy) is 2. The van der Waals surface area contributed by atoms with E-state index in [4.69, 9.17) is 9.47 Å². The number of rotatable bonds is 5. The fourth-order valence-electron chi connectivity index (χ4n) is 2.85. The van der Waals surface area contributed by atoms with Gasteiger partial charge in [-0.05, 0) is 50.5 Å². The van der Waals surface area contributed by atoms with Gasteiger partial charge in [0.05, 0.1) is 24.7 Å². The maximum atomic E-state index is 12.6. The fourth-order valence-corrected chi connectivity index (χ4v) is 2.85. The van der Waals surface area contributed by atoms with E-state index in [1.165, 1.54) is 0 Å². The number of ketones is 1. The van der Waals surface area contributed by atoms with Crippen LogP contribution in [0.25, 0.3) is 0 Å². The Morgan fingerprint density at radius 3 is 2.30 bits per heavy atom. The molecule has 0 saturated carbocycles. The smallest absolute Gasteiger partial charge is 0.168 e. The molecule has 1 aromatic carbocycles. The molecule has 1 aliphatic rings. The minimum absolute atomic E-state index is 0.0106. The first-order chi connectivity index (χ1) is 9.54. The summed E-state index contributed by atoms with van der Waals surface area (Å²) in [5.41, 5.74) is 0.746. The van der Waals surface area contributed by atoms with Crippen molar-refractivity contribution < 1.29 is 14.3 Å². The van der Waals surface area contributed by atoms with Crippen LogP contribution in [-0.2, 0) is 4.74 Å². The van der Waals surface area contributed by atoms with Crippen LogP contribution in [-0.4, -0.2) is 24.6 Å². The Hall–Kier alpha value is -1.35. The summed E-state index contributed by atoms with van der Waals surface area (Å²) in [5, 5.41) is 0. The minimum Gasteiger partial charge on any atom is -0.494 e. The molecule has 20 heavy (non-hydrogen) atoms. The number of hydrogen-bond acceptors (Lipinski definition) is 3. The van der Waals surface area contributed by atoms with Gasteiger partial charge < -0.3 is 9.47 Å². The van der Waals surface area contributed by atoms with Crippen molar-refractivity contribution in [3.8, 4) is 5.75 Å². The third-order valence-corrected chi connectivity index (χ3v) is 4.16. The van der Waals surface area contributed by atoms with Crippen molar-refractivity contribution in [3.05, 3.63) is 29.8 Å². The molecule has 3 heteroatoms. The van der Waals surface area contributed by atoms with E-state index in [0.29, 0.717) is 6.61 Å². The van der Waals surface area contributed by atoms with Gasteiger partial charge in [0, 0.05) is 5.56 Å². The highest BCUT2D eigenvalue weighted by molar-refractivity contribution is 5.98. The first-order valence-corrected chi connectivity index (χ1v) is 7.47. The molecule has 0 radical (unpaired) electrons. The van der Waals surface area contributed by atoms with Crippen molar-refractivity contribution in [1.82, 2.24) is 0 Å². The number of Topliss-reactive ketones (excluding diaryl/α,β-unsaturated/α-hetero) is 1. The number of carbonyl (C=O) groups is 1. The Balaban J connectivity index is 2.09. The second-order valence-electron chi connectivity index (χ2n) is 5.67. The summed E-state index contributed by atoms with van der Waals surface area (Å²) in [7, 11) is 0. The molecule has 0 aliphatic carbocycles. The average molecular weight is 276 g/mol. The Kier molecular flexibility index (Phi) is 4.81. The lowest BCUT2D eigenvalue weighted by Gasteiger charge is -2.17. The zero-order chi connectivity index (χ0) is 14.7. The predicted molar refractivity (Wildman–Crippen MR) is 79.2 cm³/mol. The van der Waals surface area contributed by atoms with E-state index < -0.39 is 0 Å². The van der Waals surface area contributed by atoms with Crippen LogP contribution in [0, 0.1) is 11.8 Å². The highest BCUT2D eigenvalue weighted by Gasteiger charge is 2.41. The van der Waals surface area contributed by atoms with Gasteiger partial charge in [0.25, 0.3) is 0 Å². The molecule has 0 bridgehead atoms. The lowest BCUT2D eigenvalue weighted by Crippen LogP contribution is -2.26. The van der Waals surface area contributed by atoms with E-state index >= 15 is 0 Å². The highest BCUT2D eigenvalue weighted by Crippen LogP contribution is 2.34. The van der Waals surface area contributed by atoms with Gasteiger partial charge in [0.15, 0.2) is 5.78 Å². The molecule has 0 amide bonds. The summed E-state index contributed by atoms with van der Waals surface area (Å²) in [4.78, 5) is 12.6. The Bertz CT molecular complexity index is 452. The number of carbonyl (C=O) groups excluding carboxylic acids is 1. The second-order valence-corrected chi connectivity index (χ2v) is 5.67. The van der Waals surface area contributed by atoms with E-state index in [1.807, 2.05) is 38.1 Å². The van der Waals surface area contributed by atoms with Crippen LogP contribution in [0.15, 0.2) is 24.3 Å². The van der Waals surface area contributed by atoms with Gasteiger partial charge in [0.2, 0.25) is 0 Å². The van der Waals surface area contributed by atoms with Crippen LogP contribution in [0.4, 0.5) is 0 Å². The molecule has 1 heterocycles. The molecular formula is C17H24O3. The molecule has 4 unspecified atom stereocenters. The Labute approximate surface area is 121 Å². The molecule has 0 aromatic heterocycles. The molecule has 0 spiro atoms. The van der Waals surface area contributed by atoms with Gasteiger partial charge in [-0.25, -0.2) is 0 Å². The zero-order valence-electron chi connectivity index (χ0n) is 12.8. The standard InChI is InChI=1S/C17H24O3/c1-5-10-19-15-8-6-14(7-9-15)17(18)16-11(2)12(3)20-13(16)4/h6-9,11-13,16H,5,10H2,1-4H3. The molecule has 4 atom stereocenters. The van der Waals surface area contributed by atoms with Gasteiger partial charge >= 0.3 is 0 Å². The summed E-state index contributed by atoms with van der Waals surface area (Å²) in [6, 6.07) is 7.46. The van der Waals surface area contributed by atoms with Crippen molar-refractivity contribution in [3.63, 3.8) is 0 Å². The van der Waals surface area contributed by atoms with Gasteiger partial charge in [-0.3, -0.25) is 4.79 Å².